The molecule has 2 atom stereocenters. The van der Waals surface area contributed by atoms with E-state index in [9.17, 15) is 19.5 Å². The van der Waals surface area contributed by atoms with Crippen molar-refractivity contribution in [1.29, 1.82) is 0 Å². The number of carbonyl (C=O) groups is 3. The van der Waals surface area contributed by atoms with Crippen LogP contribution >= 0.6 is 0 Å². The zero-order valence-electron chi connectivity index (χ0n) is 16.6. The minimum absolute atomic E-state index is 0.107. The smallest absolute Gasteiger partial charge is 0.268 e. The van der Waals surface area contributed by atoms with E-state index in [1.165, 1.54) is 12.4 Å². The predicted molar refractivity (Wildman–Crippen MR) is 112 cm³/mol. The first kappa shape index (κ1) is 23.0. The van der Waals surface area contributed by atoms with E-state index in [0.29, 0.717) is 25.1 Å². The number of rotatable bonds is 9. The normalized spacial score (nSPS) is 12.5. The van der Waals surface area contributed by atoms with Crippen LogP contribution < -0.4 is 21.8 Å². The Morgan fingerprint density at radius 1 is 1.07 bits per heavy atom. The van der Waals surface area contributed by atoms with Crippen LogP contribution in [-0.2, 0) is 9.59 Å². The fraction of sp³-hybridized carbons (Fsp3) is 0.286. The molecule has 9 heteroatoms. The fourth-order valence-electron chi connectivity index (χ4n) is 2.78. The first-order chi connectivity index (χ1) is 14.3. The van der Waals surface area contributed by atoms with Crippen LogP contribution in [0.1, 0.15) is 30.1 Å². The Balaban J connectivity index is 2.10. The summed E-state index contributed by atoms with van der Waals surface area (Å²) in [6, 6.07) is 12.6. The summed E-state index contributed by atoms with van der Waals surface area (Å²) in [6.45, 7) is 1.78. The lowest BCUT2D eigenvalue weighted by Gasteiger charge is -2.19. The standard InChI is InChI=1S/C21H26N4O5/c1-13(26)19(21(29)25-30)24-20(28)15-9-7-14(8-10-15)16-4-2-5-17(12-16)23-18(27)6-3-11-22/h2,4-5,7-10,12-13,19,26,30H,3,6,11,22H2,1H3,(H,23,27)(H,24,28)(H,25,29)/t13-,19+/m1/s1. The maximum absolute atomic E-state index is 12.3. The molecule has 0 radical (unpaired) electrons. The summed E-state index contributed by atoms with van der Waals surface area (Å²) >= 11 is 0. The van der Waals surface area contributed by atoms with E-state index in [0.717, 1.165) is 11.1 Å². The summed E-state index contributed by atoms with van der Waals surface area (Å²) < 4.78 is 0. The zero-order valence-corrected chi connectivity index (χ0v) is 16.6. The van der Waals surface area contributed by atoms with E-state index >= 15 is 0 Å². The summed E-state index contributed by atoms with van der Waals surface area (Å²) in [5, 5.41) is 23.5. The number of nitrogens with one attached hydrogen (secondary N) is 3. The van der Waals surface area contributed by atoms with Gasteiger partial charge < -0.3 is 21.5 Å². The molecule has 160 valence electrons. The predicted octanol–water partition coefficient (Wildman–Crippen LogP) is 1.02. The molecular formula is C21H26N4O5. The highest BCUT2D eigenvalue weighted by Gasteiger charge is 2.25. The second-order valence-electron chi connectivity index (χ2n) is 6.77. The quantitative estimate of drug-likeness (QED) is 0.266. The Morgan fingerprint density at radius 3 is 2.37 bits per heavy atom. The number of aliphatic hydroxyl groups excluding tert-OH is 1. The number of hydrogen-bond donors (Lipinski definition) is 6. The number of hydroxylamine groups is 1. The van der Waals surface area contributed by atoms with Gasteiger partial charge in [0.25, 0.3) is 11.8 Å². The largest absolute Gasteiger partial charge is 0.391 e. The minimum atomic E-state index is -1.29. The van der Waals surface area contributed by atoms with Crippen molar-refractivity contribution in [3.63, 3.8) is 0 Å². The van der Waals surface area contributed by atoms with Crippen LogP contribution in [0.5, 0.6) is 0 Å². The lowest BCUT2D eigenvalue weighted by molar-refractivity contribution is -0.133. The molecule has 7 N–H and O–H groups in total. The number of aliphatic hydroxyl groups is 1. The second-order valence-corrected chi connectivity index (χ2v) is 6.77. The first-order valence-corrected chi connectivity index (χ1v) is 9.49. The van der Waals surface area contributed by atoms with Gasteiger partial charge in [0.1, 0.15) is 6.04 Å². The van der Waals surface area contributed by atoms with Gasteiger partial charge in [-0.25, -0.2) is 5.48 Å². The van der Waals surface area contributed by atoms with Crippen molar-refractivity contribution in [2.24, 2.45) is 5.73 Å². The molecular weight excluding hydrogens is 388 g/mol. The maximum Gasteiger partial charge on any atom is 0.268 e. The minimum Gasteiger partial charge on any atom is -0.391 e. The summed E-state index contributed by atoms with van der Waals surface area (Å²) in [7, 11) is 0. The van der Waals surface area contributed by atoms with E-state index in [2.05, 4.69) is 10.6 Å². The van der Waals surface area contributed by atoms with Crippen LogP contribution in [0.2, 0.25) is 0 Å². The summed E-state index contributed by atoms with van der Waals surface area (Å²) in [5.41, 5.74) is 9.44. The van der Waals surface area contributed by atoms with Crippen LogP contribution in [0.15, 0.2) is 48.5 Å². The number of amides is 3. The molecule has 9 nitrogen and oxygen atoms in total. The molecule has 3 amide bonds. The zero-order chi connectivity index (χ0) is 22.1. The van der Waals surface area contributed by atoms with Crippen molar-refractivity contribution >= 4 is 23.4 Å². The first-order valence-electron chi connectivity index (χ1n) is 9.49. The third-order valence-electron chi connectivity index (χ3n) is 4.40. The molecule has 0 aliphatic carbocycles. The Morgan fingerprint density at radius 2 is 1.77 bits per heavy atom. The van der Waals surface area contributed by atoms with Gasteiger partial charge in [0.15, 0.2) is 0 Å². The summed E-state index contributed by atoms with van der Waals surface area (Å²) in [5.74, 6) is -1.60. The van der Waals surface area contributed by atoms with Crippen LogP contribution in [0, 0.1) is 0 Å². The van der Waals surface area contributed by atoms with Crippen LogP contribution in [0.3, 0.4) is 0 Å². The number of carbonyl (C=O) groups excluding carboxylic acids is 3. The van der Waals surface area contributed by atoms with E-state index in [4.69, 9.17) is 10.9 Å². The van der Waals surface area contributed by atoms with Gasteiger partial charge in [0, 0.05) is 17.7 Å². The molecule has 0 spiro atoms. The van der Waals surface area contributed by atoms with Gasteiger partial charge in [-0.05, 0) is 55.3 Å². The summed E-state index contributed by atoms with van der Waals surface area (Å²) in [6.07, 6.45) is -0.222. The van der Waals surface area contributed by atoms with E-state index < -0.39 is 24.0 Å². The van der Waals surface area contributed by atoms with Crippen LogP contribution in [0.25, 0.3) is 11.1 Å². The van der Waals surface area contributed by atoms with Gasteiger partial charge >= 0.3 is 0 Å². The molecule has 2 aromatic carbocycles. The van der Waals surface area contributed by atoms with Gasteiger partial charge in [-0.15, -0.1) is 0 Å². The summed E-state index contributed by atoms with van der Waals surface area (Å²) in [4.78, 5) is 35.8. The van der Waals surface area contributed by atoms with Crippen molar-refractivity contribution in [3.05, 3.63) is 54.1 Å². The van der Waals surface area contributed by atoms with Gasteiger partial charge in [0.05, 0.1) is 6.10 Å². The third kappa shape index (κ3) is 6.38. The van der Waals surface area contributed by atoms with E-state index in [1.807, 2.05) is 18.2 Å². The van der Waals surface area contributed by atoms with Crippen LogP contribution in [-0.4, -0.2) is 46.7 Å². The van der Waals surface area contributed by atoms with Crippen molar-refractivity contribution < 1.29 is 24.7 Å². The Bertz CT molecular complexity index is 883. The fourth-order valence-corrected chi connectivity index (χ4v) is 2.78. The highest BCUT2D eigenvalue weighted by Crippen LogP contribution is 2.23. The molecule has 0 saturated heterocycles. The lowest BCUT2D eigenvalue weighted by Crippen LogP contribution is -2.51. The number of hydrogen-bond acceptors (Lipinski definition) is 6. The molecule has 0 unspecified atom stereocenters. The molecule has 2 rings (SSSR count). The Hall–Kier alpha value is -3.27. The van der Waals surface area contributed by atoms with Gasteiger partial charge in [-0.1, -0.05) is 24.3 Å². The van der Waals surface area contributed by atoms with Crippen molar-refractivity contribution in [2.75, 3.05) is 11.9 Å². The Kier molecular flexibility index (Phi) is 8.48. The lowest BCUT2D eigenvalue weighted by atomic mass is 10.0. The topological polar surface area (TPSA) is 154 Å². The molecule has 0 aliphatic heterocycles. The van der Waals surface area contributed by atoms with Gasteiger partial charge in [0.2, 0.25) is 5.91 Å². The van der Waals surface area contributed by atoms with Crippen molar-refractivity contribution in [1.82, 2.24) is 10.8 Å². The number of benzene rings is 2. The molecule has 0 saturated carbocycles. The monoisotopic (exact) mass is 414 g/mol. The van der Waals surface area contributed by atoms with Crippen molar-refractivity contribution in [2.45, 2.75) is 31.9 Å². The molecule has 30 heavy (non-hydrogen) atoms. The molecule has 0 bridgehead atoms. The average molecular weight is 414 g/mol. The van der Waals surface area contributed by atoms with Crippen molar-refractivity contribution in [3.8, 4) is 11.1 Å². The molecule has 0 aliphatic rings. The van der Waals surface area contributed by atoms with Gasteiger partial charge in [-0.2, -0.15) is 0 Å². The van der Waals surface area contributed by atoms with E-state index in [-0.39, 0.29) is 11.5 Å². The highest BCUT2D eigenvalue weighted by molar-refractivity contribution is 5.98. The second kappa shape index (κ2) is 11.1. The SMILES string of the molecule is C[C@@H](O)[C@H](NC(=O)c1ccc(-c2cccc(NC(=O)CCCN)c2)cc1)C(=O)NO. The van der Waals surface area contributed by atoms with Crippen LogP contribution in [0.4, 0.5) is 5.69 Å². The maximum atomic E-state index is 12.3. The molecule has 2 aromatic rings. The molecule has 0 fully saturated rings. The van der Waals surface area contributed by atoms with E-state index in [1.54, 1.807) is 30.3 Å². The van der Waals surface area contributed by atoms with Gasteiger partial charge in [-0.3, -0.25) is 19.6 Å². The molecule has 0 heterocycles. The molecule has 0 aromatic heterocycles. The average Bonchev–Trinajstić information content (AvgIpc) is 2.75. The number of nitrogens with two attached hydrogens (primary N) is 1. The highest BCUT2D eigenvalue weighted by atomic mass is 16.5. The third-order valence-corrected chi connectivity index (χ3v) is 4.40. The number of anilines is 1. The Labute approximate surface area is 174 Å².